The van der Waals surface area contributed by atoms with Gasteiger partial charge in [0.05, 0.1) is 18.2 Å². The van der Waals surface area contributed by atoms with Gasteiger partial charge in [-0.15, -0.1) is 0 Å². The number of fused-ring (bicyclic) bond motifs is 1. The van der Waals surface area contributed by atoms with Gasteiger partial charge in [0, 0.05) is 16.7 Å². The summed E-state index contributed by atoms with van der Waals surface area (Å²) in [4.78, 5) is 17.2. The Kier molecular flexibility index (Phi) is 5.42. The van der Waals surface area contributed by atoms with Crippen LogP contribution in [0.2, 0.25) is 0 Å². The number of ether oxygens (including phenoxy) is 2. The van der Waals surface area contributed by atoms with Crippen LogP contribution in [0.5, 0.6) is 5.75 Å². The fraction of sp³-hybridized carbons (Fsp3) is 0.143. The molecule has 0 fully saturated rings. The van der Waals surface area contributed by atoms with Gasteiger partial charge in [-0.3, -0.25) is 4.98 Å². The molecule has 3 aromatic carbocycles. The topological polar surface area (TPSA) is 48.4 Å². The fourth-order valence-corrected chi connectivity index (χ4v) is 4.08. The lowest BCUT2D eigenvalue weighted by Crippen LogP contribution is -1.98. The molecular weight excluding hydrogens is 398 g/mol. The minimum Gasteiger partial charge on any atom is -0.497 e. The number of aromatic nitrogens is 1. The summed E-state index contributed by atoms with van der Waals surface area (Å²) < 4.78 is 10.6. The molecule has 0 saturated heterocycles. The van der Waals surface area contributed by atoms with Gasteiger partial charge in [0.2, 0.25) is 0 Å². The smallest absolute Gasteiger partial charge is 0.339 e. The molecule has 0 bridgehead atoms. The van der Waals surface area contributed by atoms with E-state index in [1.54, 1.807) is 7.11 Å². The second-order valence-corrected chi connectivity index (χ2v) is 7.85. The molecule has 4 heteroatoms. The molecule has 1 aromatic heterocycles. The van der Waals surface area contributed by atoms with Crippen molar-refractivity contribution in [3.63, 3.8) is 0 Å². The number of nitrogens with zero attached hydrogens (tertiary/aromatic N) is 1. The van der Waals surface area contributed by atoms with E-state index >= 15 is 0 Å². The van der Waals surface area contributed by atoms with E-state index in [0.29, 0.717) is 12.2 Å². The van der Waals surface area contributed by atoms with Crippen LogP contribution in [0.1, 0.15) is 22.4 Å². The zero-order chi connectivity index (χ0) is 21.9. The van der Waals surface area contributed by atoms with E-state index in [4.69, 9.17) is 14.5 Å². The Bertz CT molecular complexity index is 1300. The number of carbonyl (C=O) groups excluding carboxylic acids is 1. The lowest BCUT2D eigenvalue weighted by molar-refractivity contribution is -0.133. The van der Waals surface area contributed by atoms with Gasteiger partial charge in [0.1, 0.15) is 12.4 Å². The summed E-state index contributed by atoms with van der Waals surface area (Å²) >= 11 is 0. The number of hydrogen-bond acceptors (Lipinski definition) is 4. The lowest BCUT2D eigenvalue weighted by atomic mass is 9.95. The Morgan fingerprint density at radius 1 is 0.844 bits per heavy atom. The molecule has 0 saturated carbocycles. The van der Waals surface area contributed by atoms with Gasteiger partial charge >= 0.3 is 5.97 Å². The highest BCUT2D eigenvalue weighted by Crippen LogP contribution is 2.33. The van der Waals surface area contributed by atoms with Gasteiger partial charge < -0.3 is 9.47 Å². The van der Waals surface area contributed by atoms with Crippen LogP contribution >= 0.6 is 0 Å². The van der Waals surface area contributed by atoms with E-state index in [-0.39, 0.29) is 5.97 Å². The third kappa shape index (κ3) is 4.00. The summed E-state index contributed by atoms with van der Waals surface area (Å²) in [5.74, 6) is 0.476. The second-order valence-electron chi connectivity index (χ2n) is 7.85. The maximum absolute atomic E-state index is 12.4. The summed E-state index contributed by atoms with van der Waals surface area (Å²) in [6.07, 6.45) is 1.79. The molecule has 158 valence electrons. The van der Waals surface area contributed by atoms with Crippen molar-refractivity contribution in [2.45, 2.75) is 12.8 Å². The van der Waals surface area contributed by atoms with Gasteiger partial charge in [-0.2, -0.15) is 0 Å². The van der Waals surface area contributed by atoms with Gasteiger partial charge in [0.25, 0.3) is 0 Å². The Labute approximate surface area is 187 Å². The van der Waals surface area contributed by atoms with E-state index in [2.05, 4.69) is 42.5 Å². The van der Waals surface area contributed by atoms with E-state index in [1.165, 1.54) is 5.56 Å². The Hall–Kier alpha value is -3.92. The molecule has 0 N–H and O–H groups in total. The SMILES string of the molecule is COc1ccc(C2=C(c3ccc(CCc4ccc5ccccc5n4)cc3)COC2=O)cc1. The lowest BCUT2D eigenvalue weighted by Gasteiger charge is -2.08. The maximum atomic E-state index is 12.4. The molecule has 5 rings (SSSR count). The van der Waals surface area contributed by atoms with Crippen LogP contribution in [0, 0.1) is 0 Å². The first kappa shape index (κ1) is 20.0. The number of benzene rings is 3. The van der Waals surface area contributed by atoms with Crippen molar-refractivity contribution in [1.29, 1.82) is 0 Å². The average Bonchev–Trinajstić information content (AvgIpc) is 3.24. The first-order valence-electron chi connectivity index (χ1n) is 10.7. The first-order chi connectivity index (χ1) is 15.7. The first-order valence-corrected chi connectivity index (χ1v) is 10.7. The second kappa shape index (κ2) is 8.67. The number of methoxy groups -OCH3 is 1. The highest BCUT2D eigenvalue weighted by atomic mass is 16.5. The number of para-hydroxylation sites is 1. The van der Waals surface area contributed by atoms with Crippen LogP contribution in [-0.4, -0.2) is 24.7 Å². The Balaban J connectivity index is 1.34. The third-order valence-electron chi connectivity index (χ3n) is 5.86. The predicted octanol–water partition coefficient (Wildman–Crippen LogP) is 5.50. The minimum absolute atomic E-state index is 0.281. The summed E-state index contributed by atoms with van der Waals surface area (Å²) in [6, 6.07) is 28.3. The molecule has 2 heterocycles. The summed E-state index contributed by atoms with van der Waals surface area (Å²) in [5.41, 5.74) is 6.75. The van der Waals surface area contributed by atoms with Gasteiger partial charge in [-0.25, -0.2) is 4.79 Å². The molecule has 4 aromatic rings. The maximum Gasteiger partial charge on any atom is 0.339 e. The van der Waals surface area contributed by atoms with E-state index in [9.17, 15) is 4.79 Å². The van der Waals surface area contributed by atoms with Crippen LogP contribution in [0.4, 0.5) is 0 Å². The number of carbonyl (C=O) groups is 1. The van der Waals surface area contributed by atoms with Gasteiger partial charge in [0.15, 0.2) is 0 Å². The van der Waals surface area contributed by atoms with Crippen molar-refractivity contribution in [3.05, 3.63) is 107 Å². The van der Waals surface area contributed by atoms with Crippen LogP contribution < -0.4 is 4.74 Å². The van der Waals surface area contributed by atoms with Crippen molar-refractivity contribution in [3.8, 4) is 5.75 Å². The molecule has 0 spiro atoms. The highest BCUT2D eigenvalue weighted by Gasteiger charge is 2.27. The van der Waals surface area contributed by atoms with Crippen LogP contribution in [0.25, 0.3) is 22.0 Å². The third-order valence-corrected chi connectivity index (χ3v) is 5.86. The zero-order valence-corrected chi connectivity index (χ0v) is 17.9. The van der Waals surface area contributed by atoms with E-state index in [1.807, 2.05) is 42.5 Å². The largest absolute Gasteiger partial charge is 0.497 e. The van der Waals surface area contributed by atoms with Crippen molar-refractivity contribution in [1.82, 2.24) is 4.98 Å². The molecule has 0 radical (unpaired) electrons. The highest BCUT2D eigenvalue weighted by molar-refractivity contribution is 6.27. The number of pyridine rings is 1. The Morgan fingerprint density at radius 3 is 2.38 bits per heavy atom. The molecule has 1 aliphatic heterocycles. The molecule has 0 amide bonds. The zero-order valence-electron chi connectivity index (χ0n) is 17.9. The quantitative estimate of drug-likeness (QED) is 0.386. The molecule has 4 nitrogen and oxygen atoms in total. The van der Waals surface area contributed by atoms with Crippen LogP contribution in [0.15, 0.2) is 84.9 Å². The average molecular weight is 421 g/mol. The summed E-state index contributed by atoms with van der Waals surface area (Å²) in [6.45, 7) is 0.292. The van der Waals surface area contributed by atoms with Crippen LogP contribution in [0.3, 0.4) is 0 Å². The monoisotopic (exact) mass is 421 g/mol. The predicted molar refractivity (Wildman–Crippen MR) is 126 cm³/mol. The van der Waals surface area contributed by atoms with Crippen molar-refractivity contribution in [2.24, 2.45) is 0 Å². The van der Waals surface area contributed by atoms with Crippen LogP contribution in [-0.2, 0) is 22.4 Å². The molecule has 0 atom stereocenters. The van der Waals surface area contributed by atoms with E-state index < -0.39 is 0 Å². The summed E-state index contributed by atoms with van der Waals surface area (Å²) in [5, 5.41) is 1.16. The number of rotatable bonds is 6. The molecule has 0 aliphatic carbocycles. The number of esters is 1. The van der Waals surface area contributed by atoms with Crippen molar-refractivity contribution in [2.75, 3.05) is 13.7 Å². The van der Waals surface area contributed by atoms with Crippen molar-refractivity contribution < 1.29 is 14.3 Å². The Morgan fingerprint density at radius 2 is 1.59 bits per heavy atom. The van der Waals surface area contributed by atoms with Gasteiger partial charge in [-0.1, -0.05) is 60.7 Å². The molecule has 0 unspecified atom stereocenters. The van der Waals surface area contributed by atoms with E-state index in [0.717, 1.165) is 51.9 Å². The molecule has 32 heavy (non-hydrogen) atoms. The molecular formula is C28H23NO3. The number of aryl methyl sites for hydroxylation is 2. The number of hydrogen-bond donors (Lipinski definition) is 0. The fourth-order valence-electron chi connectivity index (χ4n) is 4.08. The normalized spacial score (nSPS) is 13.5. The van der Waals surface area contributed by atoms with Gasteiger partial charge in [-0.05, 0) is 53.8 Å². The summed E-state index contributed by atoms with van der Waals surface area (Å²) in [7, 11) is 1.63. The number of cyclic esters (lactones) is 1. The standard InChI is InChI=1S/C28H23NO3/c1-31-24-16-12-22(13-17-24)27-25(18-32-28(27)30)20-9-6-19(7-10-20)8-14-23-15-11-21-4-2-3-5-26(21)29-23/h2-7,9-13,15-17H,8,14,18H2,1H3. The minimum atomic E-state index is -0.281. The van der Waals surface area contributed by atoms with Crippen molar-refractivity contribution >= 4 is 28.0 Å². The molecule has 1 aliphatic rings.